The van der Waals surface area contributed by atoms with E-state index in [1.165, 1.54) is 11.3 Å². The fourth-order valence-electron chi connectivity index (χ4n) is 2.91. The standard InChI is InChI=1S/C16H18N6O2S/c1-11-14(25-16(18-11)24-2)15(23)21-9-7-20(8-10-21)13-4-3-12-17-5-6-22(12)19-13/h3-6H,7-10H2,1-2H3. The van der Waals surface area contributed by atoms with E-state index in [0.717, 1.165) is 30.2 Å². The number of hydrogen-bond donors (Lipinski definition) is 0. The van der Waals surface area contributed by atoms with Crippen LogP contribution in [0.5, 0.6) is 5.19 Å². The number of methoxy groups -OCH3 is 1. The number of anilines is 1. The third-order valence-corrected chi connectivity index (χ3v) is 5.38. The van der Waals surface area contributed by atoms with Crippen molar-refractivity contribution in [2.45, 2.75) is 6.92 Å². The van der Waals surface area contributed by atoms with Gasteiger partial charge in [0.2, 0.25) is 0 Å². The lowest BCUT2D eigenvalue weighted by Crippen LogP contribution is -2.49. The molecule has 1 saturated heterocycles. The maximum Gasteiger partial charge on any atom is 0.273 e. The predicted octanol–water partition coefficient (Wildman–Crippen LogP) is 1.47. The number of aryl methyl sites for hydroxylation is 1. The van der Waals surface area contributed by atoms with Crippen LogP contribution in [0.15, 0.2) is 24.5 Å². The van der Waals surface area contributed by atoms with E-state index >= 15 is 0 Å². The highest BCUT2D eigenvalue weighted by molar-refractivity contribution is 7.15. The van der Waals surface area contributed by atoms with E-state index < -0.39 is 0 Å². The van der Waals surface area contributed by atoms with Crippen LogP contribution in [-0.4, -0.2) is 63.7 Å². The van der Waals surface area contributed by atoms with Crippen LogP contribution in [0.2, 0.25) is 0 Å². The Kier molecular flexibility index (Phi) is 4.00. The summed E-state index contributed by atoms with van der Waals surface area (Å²) in [5, 5.41) is 5.09. The highest BCUT2D eigenvalue weighted by Gasteiger charge is 2.26. The Bertz CT molecular complexity index is 912. The van der Waals surface area contributed by atoms with Crippen LogP contribution in [0.1, 0.15) is 15.4 Å². The summed E-state index contributed by atoms with van der Waals surface area (Å²) < 4.78 is 6.89. The van der Waals surface area contributed by atoms with Crippen molar-refractivity contribution in [2.75, 3.05) is 38.2 Å². The SMILES string of the molecule is COc1nc(C)c(C(=O)N2CCN(c3ccc4nccn4n3)CC2)s1. The first kappa shape index (κ1) is 15.8. The van der Waals surface area contributed by atoms with Gasteiger partial charge in [-0.3, -0.25) is 4.79 Å². The summed E-state index contributed by atoms with van der Waals surface area (Å²) in [5.74, 6) is 0.921. The Balaban J connectivity index is 1.45. The number of imidazole rings is 1. The molecule has 0 radical (unpaired) electrons. The monoisotopic (exact) mass is 358 g/mol. The number of nitrogens with zero attached hydrogens (tertiary/aromatic N) is 6. The molecule has 0 unspecified atom stereocenters. The van der Waals surface area contributed by atoms with E-state index in [-0.39, 0.29) is 5.91 Å². The van der Waals surface area contributed by atoms with Gasteiger partial charge < -0.3 is 14.5 Å². The quantitative estimate of drug-likeness (QED) is 0.706. The molecule has 9 heteroatoms. The number of rotatable bonds is 3. The molecule has 3 aromatic rings. The van der Waals surface area contributed by atoms with Crippen molar-refractivity contribution in [3.8, 4) is 5.19 Å². The maximum atomic E-state index is 12.7. The lowest BCUT2D eigenvalue weighted by Gasteiger charge is -2.35. The summed E-state index contributed by atoms with van der Waals surface area (Å²) in [4.78, 5) is 25.9. The number of carbonyl (C=O) groups is 1. The summed E-state index contributed by atoms with van der Waals surface area (Å²) in [5.41, 5.74) is 1.55. The molecule has 3 aromatic heterocycles. The lowest BCUT2D eigenvalue weighted by molar-refractivity contribution is 0.0750. The summed E-state index contributed by atoms with van der Waals surface area (Å²) in [6.45, 7) is 4.64. The molecule has 0 bridgehead atoms. The van der Waals surface area contributed by atoms with E-state index in [2.05, 4.69) is 20.0 Å². The van der Waals surface area contributed by atoms with Crippen LogP contribution in [0.3, 0.4) is 0 Å². The van der Waals surface area contributed by atoms with Gasteiger partial charge in [-0.05, 0) is 19.1 Å². The molecule has 0 spiro atoms. The topological polar surface area (TPSA) is 75.9 Å². The molecule has 0 aromatic carbocycles. The minimum Gasteiger partial charge on any atom is -0.473 e. The fourth-order valence-corrected chi connectivity index (χ4v) is 3.76. The van der Waals surface area contributed by atoms with Gasteiger partial charge in [0, 0.05) is 38.6 Å². The van der Waals surface area contributed by atoms with E-state index in [9.17, 15) is 4.79 Å². The summed E-state index contributed by atoms with van der Waals surface area (Å²) >= 11 is 1.30. The third kappa shape index (κ3) is 2.91. The summed E-state index contributed by atoms with van der Waals surface area (Å²) in [7, 11) is 1.56. The van der Waals surface area contributed by atoms with Crippen molar-refractivity contribution >= 4 is 28.7 Å². The number of aromatic nitrogens is 4. The molecule has 8 nitrogen and oxygen atoms in total. The van der Waals surface area contributed by atoms with E-state index in [1.54, 1.807) is 17.8 Å². The molecule has 0 aliphatic carbocycles. The molecular formula is C16H18N6O2S. The van der Waals surface area contributed by atoms with E-state index in [0.29, 0.717) is 23.2 Å². The number of ether oxygens (including phenoxy) is 1. The maximum absolute atomic E-state index is 12.7. The van der Waals surface area contributed by atoms with Crippen molar-refractivity contribution in [1.82, 2.24) is 24.5 Å². The van der Waals surface area contributed by atoms with Crippen LogP contribution < -0.4 is 9.64 Å². The highest BCUT2D eigenvalue weighted by Crippen LogP contribution is 2.26. The molecular weight excluding hydrogens is 340 g/mol. The molecule has 4 rings (SSSR count). The summed E-state index contributed by atoms with van der Waals surface area (Å²) in [6.07, 6.45) is 3.56. The normalized spacial score (nSPS) is 15.0. The van der Waals surface area contributed by atoms with Gasteiger partial charge in [0.1, 0.15) is 10.7 Å². The van der Waals surface area contributed by atoms with Gasteiger partial charge in [-0.1, -0.05) is 11.3 Å². The van der Waals surface area contributed by atoms with Crippen LogP contribution >= 0.6 is 11.3 Å². The molecule has 1 aliphatic rings. The van der Waals surface area contributed by atoms with Gasteiger partial charge in [0.05, 0.1) is 12.8 Å². The number of carbonyl (C=O) groups excluding carboxylic acids is 1. The van der Waals surface area contributed by atoms with Gasteiger partial charge in [0.25, 0.3) is 11.1 Å². The van der Waals surface area contributed by atoms with Gasteiger partial charge in [0.15, 0.2) is 5.65 Å². The van der Waals surface area contributed by atoms with E-state index in [4.69, 9.17) is 4.74 Å². The first-order chi connectivity index (χ1) is 12.2. The Hall–Kier alpha value is -2.68. The third-order valence-electron chi connectivity index (χ3n) is 4.28. The van der Waals surface area contributed by atoms with Crippen molar-refractivity contribution in [3.05, 3.63) is 35.1 Å². The minimum absolute atomic E-state index is 0.0240. The number of hydrogen-bond acceptors (Lipinski definition) is 7. The van der Waals surface area contributed by atoms with Crippen LogP contribution in [0.4, 0.5) is 5.82 Å². The Morgan fingerprint density at radius 3 is 2.76 bits per heavy atom. The second-order valence-corrected chi connectivity index (χ2v) is 6.76. The first-order valence-corrected chi connectivity index (χ1v) is 8.83. The molecule has 1 amide bonds. The zero-order valence-electron chi connectivity index (χ0n) is 14.0. The van der Waals surface area contributed by atoms with E-state index in [1.807, 2.05) is 30.2 Å². The minimum atomic E-state index is 0.0240. The largest absolute Gasteiger partial charge is 0.473 e. The Labute approximate surface area is 148 Å². The smallest absolute Gasteiger partial charge is 0.273 e. The molecule has 0 atom stereocenters. The Morgan fingerprint density at radius 1 is 1.24 bits per heavy atom. The fraction of sp³-hybridized carbons (Fsp3) is 0.375. The van der Waals surface area contributed by atoms with Gasteiger partial charge in [-0.25, -0.2) is 14.5 Å². The zero-order valence-corrected chi connectivity index (χ0v) is 14.9. The zero-order chi connectivity index (χ0) is 17.4. The molecule has 130 valence electrons. The highest BCUT2D eigenvalue weighted by atomic mass is 32.1. The second kappa shape index (κ2) is 6.32. The summed E-state index contributed by atoms with van der Waals surface area (Å²) in [6, 6.07) is 3.92. The Morgan fingerprint density at radius 2 is 2.04 bits per heavy atom. The number of piperazine rings is 1. The van der Waals surface area contributed by atoms with Gasteiger partial charge >= 0.3 is 0 Å². The van der Waals surface area contributed by atoms with Gasteiger partial charge in [-0.15, -0.1) is 5.10 Å². The van der Waals surface area contributed by atoms with Crippen LogP contribution in [-0.2, 0) is 0 Å². The van der Waals surface area contributed by atoms with Crippen molar-refractivity contribution in [2.24, 2.45) is 0 Å². The number of thiazole rings is 1. The van der Waals surface area contributed by atoms with Crippen molar-refractivity contribution < 1.29 is 9.53 Å². The second-order valence-electron chi connectivity index (χ2n) is 5.80. The molecule has 25 heavy (non-hydrogen) atoms. The molecule has 1 fully saturated rings. The molecule has 0 saturated carbocycles. The predicted molar refractivity (Wildman–Crippen MR) is 94.5 cm³/mol. The van der Waals surface area contributed by atoms with Crippen LogP contribution in [0, 0.1) is 6.92 Å². The van der Waals surface area contributed by atoms with Crippen LogP contribution in [0.25, 0.3) is 5.65 Å². The molecule has 4 heterocycles. The van der Waals surface area contributed by atoms with Crippen molar-refractivity contribution in [3.63, 3.8) is 0 Å². The lowest BCUT2D eigenvalue weighted by atomic mass is 10.2. The van der Waals surface area contributed by atoms with Gasteiger partial charge in [-0.2, -0.15) is 0 Å². The average molecular weight is 358 g/mol. The molecule has 0 N–H and O–H groups in total. The average Bonchev–Trinajstić information content (AvgIpc) is 3.26. The number of fused-ring (bicyclic) bond motifs is 1. The molecule has 1 aliphatic heterocycles. The van der Waals surface area contributed by atoms with Crippen molar-refractivity contribution in [1.29, 1.82) is 0 Å². The first-order valence-electron chi connectivity index (χ1n) is 8.02. The number of amides is 1.